The molecule has 116 valence electrons. The smallest absolute Gasteiger partial charge is 0.191 e. The number of nitrogens with zero attached hydrogens (tertiary/aromatic N) is 4. The topological polar surface area (TPSA) is 67.1 Å². The minimum absolute atomic E-state index is 0.341. The van der Waals surface area contributed by atoms with Crippen LogP contribution >= 0.6 is 11.8 Å². The van der Waals surface area contributed by atoms with E-state index in [1.807, 2.05) is 7.05 Å². The molecular weight excluding hydrogens is 284 g/mol. The van der Waals surface area contributed by atoms with Crippen molar-refractivity contribution < 1.29 is 0 Å². The number of rotatable bonds is 4. The maximum atomic E-state index is 4.30. The number of thioether (sulfide) groups is 1. The van der Waals surface area contributed by atoms with Crippen molar-refractivity contribution in [1.29, 1.82) is 0 Å². The van der Waals surface area contributed by atoms with E-state index in [-0.39, 0.29) is 0 Å². The van der Waals surface area contributed by atoms with Crippen LogP contribution in [0, 0.1) is 0 Å². The molecule has 21 heavy (non-hydrogen) atoms. The van der Waals surface area contributed by atoms with Gasteiger partial charge in [-0.25, -0.2) is 0 Å². The molecule has 0 saturated carbocycles. The van der Waals surface area contributed by atoms with Crippen LogP contribution in [0.5, 0.6) is 0 Å². The molecule has 0 radical (unpaired) electrons. The average Bonchev–Trinajstić information content (AvgIpc) is 3.17. The molecule has 0 spiro atoms. The van der Waals surface area contributed by atoms with Gasteiger partial charge in [-0.2, -0.15) is 11.8 Å². The molecular formula is C14H24N6S. The van der Waals surface area contributed by atoms with Crippen LogP contribution in [0.1, 0.15) is 37.8 Å². The van der Waals surface area contributed by atoms with E-state index in [0.29, 0.717) is 11.3 Å². The molecule has 2 N–H and O–H groups in total. The first-order chi connectivity index (χ1) is 10.2. The standard InChI is InChI=1S/C14H24N6S/c1-14(6-4-8-21-14)10-17-13(15-2)16-9-12-19-18-11-5-3-7-20(11)12/h3-10H2,1-2H3,(H2,15,16,17). The number of hydrogen-bond donors (Lipinski definition) is 2. The minimum atomic E-state index is 0.341. The molecule has 0 bridgehead atoms. The van der Waals surface area contributed by atoms with Crippen molar-refractivity contribution in [3.8, 4) is 0 Å². The number of aromatic nitrogens is 3. The number of aliphatic imine (C=N–C) groups is 1. The highest BCUT2D eigenvalue weighted by molar-refractivity contribution is 8.00. The van der Waals surface area contributed by atoms with Crippen LogP contribution in [0.2, 0.25) is 0 Å². The summed E-state index contributed by atoms with van der Waals surface area (Å²) in [6.45, 7) is 5.00. The monoisotopic (exact) mass is 308 g/mol. The summed E-state index contributed by atoms with van der Waals surface area (Å²) in [4.78, 5) is 4.30. The number of hydrogen-bond acceptors (Lipinski definition) is 4. The molecule has 3 rings (SSSR count). The molecule has 1 atom stereocenters. The van der Waals surface area contributed by atoms with Gasteiger partial charge >= 0.3 is 0 Å². The van der Waals surface area contributed by atoms with Crippen LogP contribution in [0.15, 0.2) is 4.99 Å². The first-order valence-electron chi connectivity index (χ1n) is 7.70. The third kappa shape index (κ3) is 3.33. The molecule has 1 aromatic rings. The van der Waals surface area contributed by atoms with Crippen LogP contribution in [0.3, 0.4) is 0 Å². The maximum absolute atomic E-state index is 4.30. The highest BCUT2D eigenvalue weighted by Crippen LogP contribution is 2.36. The van der Waals surface area contributed by atoms with Crippen LogP contribution in [-0.4, -0.2) is 44.8 Å². The fraction of sp³-hybridized carbons (Fsp3) is 0.786. The zero-order chi connectivity index (χ0) is 14.7. The van der Waals surface area contributed by atoms with Crippen molar-refractivity contribution in [2.75, 3.05) is 19.3 Å². The van der Waals surface area contributed by atoms with Crippen LogP contribution in [0.4, 0.5) is 0 Å². The fourth-order valence-corrected chi connectivity index (χ4v) is 4.22. The average molecular weight is 308 g/mol. The lowest BCUT2D eigenvalue weighted by Gasteiger charge is -2.24. The SMILES string of the molecule is CN=C(NCc1nnc2n1CCC2)NCC1(C)CCCS1. The van der Waals surface area contributed by atoms with E-state index in [0.717, 1.165) is 37.1 Å². The van der Waals surface area contributed by atoms with E-state index in [2.05, 4.69) is 49.1 Å². The second kappa shape index (κ2) is 6.25. The summed E-state index contributed by atoms with van der Waals surface area (Å²) in [6, 6.07) is 0. The fourth-order valence-electron chi connectivity index (χ4n) is 2.97. The summed E-state index contributed by atoms with van der Waals surface area (Å²) in [5.41, 5.74) is 0. The van der Waals surface area contributed by atoms with E-state index in [4.69, 9.17) is 0 Å². The summed E-state index contributed by atoms with van der Waals surface area (Å²) >= 11 is 2.06. The highest BCUT2D eigenvalue weighted by atomic mass is 32.2. The molecule has 0 amide bonds. The third-order valence-corrected chi connectivity index (χ3v) is 5.79. The second-order valence-corrected chi connectivity index (χ2v) is 7.65. The van der Waals surface area contributed by atoms with Crippen molar-refractivity contribution in [2.45, 2.75) is 50.4 Å². The Hall–Kier alpha value is -1.24. The van der Waals surface area contributed by atoms with Crippen molar-refractivity contribution in [1.82, 2.24) is 25.4 Å². The van der Waals surface area contributed by atoms with Crippen LogP contribution < -0.4 is 10.6 Å². The normalized spacial score (nSPS) is 25.1. The van der Waals surface area contributed by atoms with Crippen molar-refractivity contribution in [2.24, 2.45) is 4.99 Å². The number of nitrogens with one attached hydrogen (secondary N) is 2. The summed E-state index contributed by atoms with van der Waals surface area (Å²) in [6.07, 6.45) is 4.83. The molecule has 6 nitrogen and oxygen atoms in total. The molecule has 0 aliphatic carbocycles. The molecule has 1 saturated heterocycles. The third-order valence-electron chi connectivity index (χ3n) is 4.25. The maximum Gasteiger partial charge on any atom is 0.191 e. The highest BCUT2D eigenvalue weighted by Gasteiger charge is 2.29. The van der Waals surface area contributed by atoms with Crippen molar-refractivity contribution >= 4 is 17.7 Å². The Labute approximate surface area is 130 Å². The van der Waals surface area contributed by atoms with Gasteiger partial charge in [-0.3, -0.25) is 4.99 Å². The van der Waals surface area contributed by atoms with E-state index >= 15 is 0 Å². The molecule has 0 aromatic carbocycles. The second-order valence-electron chi connectivity index (χ2n) is 5.97. The summed E-state index contributed by atoms with van der Waals surface area (Å²) in [7, 11) is 1.81. The van der Waals surface area contributed by atoms with E-state index in [1.165, 1.54) is 25.0 Å². The van der Waals surface area contributed by atoms with Crippen LogP contribution in [0.25, 0.3) is 0 Å². The van der Waals surface area contributed by atoms with Gasteiger partial charge in [-0.15, -0.1) is 10.2 Å². The van der Waals surface area contributed by atoms with Gasteiger partial charge in [0.2, 0.25) is 0 Å². The predicted molar refractivity (Wildman–Crippen MR) is 86.6 cm³/mol. The summed E-state index contributed by atoms with van der Waals surface area (Å²) in [5, 5.41) is 15.3. The quantitative estimate of drug-likeness (QED) is 0.646. The number of aryl methyl sites for hydroxylation is 1. The van der Waals surface area contributed by atoms with Crippen molar-refractivity contribution in [3.63, 3.8) is 0 Å². The Balaban J connectivity index is 1.51. The molecule has 2 aliphatic rings. The van der Waals surface area contributed by atoms with Gasteiger partial charge in [-0.05, 0) is 31.9 Å². The van der Waals surface area contributed by atoms with E-state index < -0.39 is 0 Å². The Bertz CT molecular complexity index is 518. The Kier molecular flexibility index (Phi) is 4.37. The molecule has 1 fully saturated rings. The van der Waals surface area contributed by atoms with Gasteiger partial charge in [-0.1, -0.05) is 0 Å². The van der Waals surface area contributed by atoms with Gasteiger partial charge < -0.3 is 15.2 Å². The minimum Gasteiger partial charge on any atom is -0.355 e. The van der Waals surface area contributed by atoms with Gasteiger partial charge in [0.25, 0.3) is 0 Å². The predicted octanol–water partition coefficient (Wildman–Crippen LogP) is 1.17. The lowest BCUT2D eigenvalue weighted by Crippen LogP contribution is -2.43. The number of guanidine groups is 1. The number of fused-ring (bicyclic) bond motifs is 1. The molecule has 1 aromatic heterocycles. The lowest BCUT2D eigenvalue weighted by molar-refractivity contribution is 0.582. The Morgan fingerprint density at radius 3 is 3.05 bits per heavy atom. The zero-order valence-electron chi connectivity index (χ0n) is 12.9. The van der Waals surface area contributed by atoms with Crippen molar-refractivity contribution in [3.05, 3.63) is 11.6 Å². The molecule has 3 heterocycles. The zero-order valence-corrected chi connectivity index (χ0v) is 13.7. The molecule has 7 heteroatoms. The van der Waals surface area contributed by atoms with E-state index in [1.54, 1.807) is 0 Å². The van der Waals surface area contributed by atoms with Gasteiger partial charge in [0.15, 0.2) is 11.8 Å². The van der Waals surface area contributed by atoms with Gasteiger partial charge in [0, 0.05) is 31.3 Å². The van der Waals surface area contributed by atoms with Gasteiger partial charge in [0.1, 0.15) is 5.82 Å². The first-order valence-corrected chi connectivity index (χ1v) is 8.68. The molecule has 2 aliphatic heterocycles. The summed E-state index contributed by atoms with van der Waals surface area (Å²) < 4.78 is 2.56. The van der Waals surface area contributed by atoms with Crippen LogP contribution in [-0.2, 0) is 19.5 Å². The lowest BCUT2D eigenvalue weighted by atomic mass is 10.1. The molecule has 1 unspecified atom stereocenters. The summed E-state index contributed by atoms with van der Waals surface area (Å²) in [5.74, 6) is 4.24. The Morgan fingerprint density at radius 1 is 1.38 bits per heavy atom. The largest absolute Gasteiger partial charge is 0.355 e. The van der Waals surface area contributed by atoms with Gasteiger partial charge in [0.05, 0.1) is 6.54 Å². The van der Waals surface area contributed by atoms with E-state index in [9.17, 15) is 0 Å². The first kappa shape index (κ1) is 14.7. The Morgan fingerprint density at radius 2 is 2.29 bits per heavy atom.